The first kappa shape index (κ1) is 20.9. The maximum absolute atomic E-state index is 13.3. The molecule has 0 spiro atoms. The Hall–Kier alpha value is -2.32. The van der Waals surface area contributed by atoms with Crippen molar-refractivity contribution in [1.29, 1.82) is 0 Å². The molecule has 4 rings (SSSR count). The zero-order valence-corrected chi connectivity index (χ0v) is 17.8. The van der Waals surface area contributed by atoms with Gasteiger partial charge in [-0.2, -0.15) is 0 Å². The predicted molar refractivity (Wildman–Crippen MR) is 116 cm³/mol. The van der Waals surface area contributed by atoms with Gasteiger partial charge < -0.3 is 19.9 Å². The van der Waals surface area contributed by atoms with Gasteiger partial charge in [0.05, 0.1) is 17.5 Å². The van der Waals surface area contributed by atoms with Crippen molar-refractivity contribution >= 4 is 22.6 Å². The maximum Gasteiger partial charge on any atom is 0.261 e. The van der Waals surface area contributed by atoms with E-state index in [9.17, 15) is 9.59 Å². The highest BCUT2D eigenvalue weighted by Crippen LogP contribution is 2.35. The Labute approximate surface area is 176 Å². The highest BCUT2D eigenvalue weighted by Gasteiger charge is 2.26. The first-order valence-electron chi connectivity index (χ1n) is 11.0. The monoisotopic (exact) mass is 413 g/mol. The van der Waals surface area contributed by atoms with Crippen molar-refractivity contribution < 1.29 is 9.53 Å². The van der Waals surface area contributed by atoms with E-state index in [-0.39, 0.29) is 23.6 Å². The molecule has 8 heteroatoms. The van der Waals surface area contributed by atoms with Crippen LogP contribution in [-0.4, -0.2) is 53.2 Å². The van der Waals surface area contributed by atoms with Crippen molar-refractivity contribution in [2.24, 2.45) is 0 Å². The molecule has 2 fully saturated rings. The van der Waals surface area contributed by atoms with E-state index in [1.807, 2.05) is 17.7 Å². The highest BCUT2D eigenvalue weighted by atomic mass is 16.5. The van der Waals surface area contributed by atoms with Gasteiger partial charge in [-0.1, -0.05) is 0 Å². The van der Waals surface area contributed by atoms with Crippen LogP contribution in [0.25, 0.3) is 10.9 Å². The van der Waals surface area contributed by atoms with Gasteiger partial charge in [0.1, 0.15) is 5.78 Å². The molecule has 2 aromatic heterocycles. The van der Waals surface area contributed by atoms with E-state index in [1.54, 1.807) is 13.3 Å². The van der Waals surface area contributed by atoms with E-state index in [4.69, 9.17) is 9.72 Å². The molecule has 0 amide bonds. The van der Waals surface area contributed by atoms with Crippen molar-refractivity contribution in [3.8, 4) is 0 Å². The Balaban J connectivity index is 1.78. The van der Waals surface area contributed by atoms with E-state index in [2.05, 4.69) is 15.6 Å². The molecule has 2 aromatic rings. The molecular weight excluding hydrogens is 382 g/mol. The molecule has 1 aliphatic carbocycles. The first-order valence-corrected chi connectivity index (χ1v) is 11.0. The van der Waals surface area contributed by atoms with Gasteiger partial charge in [0.2, 0.25) is 5.95 Å². The van der Waals surface area contributed by atoms with E-state index in [1.165, 1.54) is 0 Å². The summed E-state index contributed by atoms with van der Waals surface area (Å²) in [6, 6.07) is 0.241. The average Bonchev–Trinajstić information content (AvgIpc) is 2.75. The fourth-order valence-electron chi connectivity index (χ4n) is 4.65. The summed E-state index contributed by atoms with van der Waals surface area (Å²) in [7, 11) is 1.66. The second-order valence-corrected chi connectivity index (χ2v) is 8.55. The normalized spacial score (nSPS) is 19.9. The number of piperidine rings is 1. The molecule has 0 aromatic carbocycles. The van der Waals surface area contributed by atoms with Crippen molar-refractivity contribution in [3.05, 3.63) is 28.3 Å². The van der Waals surface area contributed by atoms with Gasteiger partial charge in [-0.05, 0) is 57.2 Å². The second kappa shape index (κ2) is 9.22. The fourth-order valence-corrected chi connectivity index (χ4v) is 4.65. The zero-order chi connectivity index (χ0) is 21.1. The van der Waals surface area contributed by atoms with Crippen molar-refractivity contribution in [2.45, 2.75) is 63.5 Å². The number of hydrogen-bond donors (Lipinski definition) is 2. The van der Waals surface area contributed by atoms with E-state index in [0.717, 1.165) is 44.3 Å². The third-order valence-corrected chi connectivity index (χ3v) is 6.28. The molecule has 1 saturated heterocycles. The van der Waals surface area contributed by atoms with Gasteiger partial charge in [-0.3, -0.25) is 9.59 Å². The summed E-state index contributed by atoms with van der Waals surface area (Å²) >= 11 is 0. The smallest absolute Gasteiger partial charge is 0.261 e. The number of pyridine rings is 1. The van der Waals surface area contributed by atoms with Crippen LogP contribution in [0.3, 0.4) is 0 Å². The number of carbonyl (C=O) groups is 1. The summed E-state index contributed by atoms with van der Waals surface area (Å²) in [5.74, 6) is 1.06. The van der Waals surface area contributed by atoms with Crippen LogP contribution in [-0.2, 0) is 9.53 Å². The van der Waals surface area contributed by atoms with E-state index in [0.29, 0.717) is 42.1 Å². The molecule has 162 valence electrons. The van der Waals surface area contributed by atoms with Gasteiger partial charge in [0.15, 0.2) is 0 Å². The van der Waals surface area contributed by atoms with Crippen LogP contribution in [0.2, 0.25) is 0 Å². The molecular formula is C22H31N5O3. The van der Waals surface area contributed by atoms with Crippen molar-refractivity contribution in [1.82, 2.24) is 19.9 Å². The number of rotatable bonds is 6. The number of methoxy groups -OCH3 is 1. The number of anilines is 1. The molecule has 3 heterocycles. The van der Waals surface area contributed by atoms with Gasteiger partial charge in [-0.15, -0.1) is 0 Å². The van der Waals surface area contributed by atoms with Crippen molar-refractivity contribution in [2.75, 3.05) is 32.1 Å². The van der Waals surface area contributed by atoms with E-state index >= 15 is 0 Å². The molecule has 2 aliphatic rings. The van der Waals surface area contributed by atoms with Crippen LogP contribution in [0.1, 0.15) is 63.0 Å². The summed E-state index contributed by atoms with van der Waals surface area (Å²) in [5.41, 5.74) is 1.76. The van der Waals surface area contributed by atoms with Gasteiger partial charge in [-0.25, -0.2) is 9.97 Å². The number of ether oxygens (including phenoxy) is 1. The van der Waals surface area contributed by atoms with Gasteiger partial charge >= 0.3 is 0 Å². The summed E-state index contributed by atoms with van der Waals surface area (Å²) in [4.78, 5) is 34.3. The molecule has 2 N–H and O–H groups in total. The quantitative estimate of drug-likeness (QED) is 0.750. The van der Waals surface area contributed by atoms with Crippen LogP contribution in [0.5, 0.6) is 0 Å². The molecule has 1 saturated carbocycles. The predicted octanol–water partition coefficient (Wildman–Crippen LogP) is 2.39. The Morgan fingerprint density at radius 1 is 1.23 bits per heavy atom. The van der Waals surface area contributed by atoms with Crippen LogP contribution >= 0.6 is 0 Å². The first-order chi connectivity index (χ1) is 14.6. The van der Waals surface area contributed by atoms with Crippen molar-refractivity contribution in [3.63, 3.8) is 0 Å². The number of nitrogens with one attached hydrogen (secondary N) is 2. The highest BCUT2D eigenvalue weighted by molar-refractivity contribution is 5.83. The number of hydrogen-bond acceptors (Lipinski definition) is 7. The molecule has 8 nitrogen and oxygen atoms in total. The fraction of sp³-hybridized carbons (Fsp3) is 0.636. The number of ketones is 1. The maximum atomic E-state index is 13.3. The number of nitrogens with zero attached hydrogens (tertiary/aromatic N) is 3. The SMILES string of the molecule is COCC(C)Nc1ncc2c(=O)n(C3CCNCC3)cc(C3CCC(=O)CC3)c2n1. The number of aromatic nitrogens is 3. The minimum atomic E-state index is -0.0241. The van der Waals surface area contributed by atoms with Crippen LogP contribution in [0.4, 0.5) is 5.95 Å². The lowest BCUT2D eigenvalue weighted by atomic mass is 9.83. The summed E-state index contributed by atoms with van der Waals surface area (Å²) in [6.45, 7) is 4.37. The Morgan fingerprint density at radius 3 is 2.67 bits per heavy atom. The lowest BCUT2D eigenvalue weighted by Gasteiger charge is -2.28. The molecule has 1 unspecified atom stereocenters. The molecule has 30 heavy (non-hydrogen) atoms. The summed E-state index contributed by atoms with van der Waals surface area (Å²) in [6.07, 6.45) is 8.36. The van der Waals surface area contributed by atoms with Crippen LogP contribution < -0.4 is 16.2 Å². The molecule has 0 bridgehead atoms. The lowest BCUT2D eigenvalue weighted by Crippen LogP contribution is -2.35. The van der Waals surface area contributed by atoms with Crippen LogP contribution in [0, 0.1) is 0 Å². The topological polar surface area (TPSA) is 98.1 Å². The summed E-state index contributed by atoms with van der Waals surface area (Å²) in [5, 5.41) is 7.18. The minimum Gasteiger partial charge on any atom is -0.383 e. The Kier molecular flexibility index (Phi) is 6.43. The standard InChI is InChI=1S/C22H31N5O3/c1-14(13-30-2)25-22-24-11-18-20(26-22)19(15-3-5-17(28)6-4-15)12-27(21(18)29)16-7-9-23-10-8-16/h11-12,14-16,23H,3-10,13H2,1-2H3,(H,24,25,26). The minimum absolute atomic E-state index is 0.0241. The average molecular weight is 414 g/mol. The van der Waals surface area contributed by atoms with E-state index < -0.39 is 0 Å². The third-order valence-electron chi connectivity index (χ3n) is 6.28. The zero-order valence-electron chi connectivity index (χ0n) is 17.8. The Bertz CT molecular complexity index is 957. The third kappa shape index (κ3) is 4.39. The molecule has 1 aliphatic heterocycles. The van der Waals surface area contributed by atoms with Crippen LogP contribution in [0.15, 0.2) is 17.2 Å². The lowest BCUT2D eigenvalue weighted by molar-refractivity contribution is -0.120. The number of fused-ring (bicyclic) bond motifs is 1. The largest absolute Gasteiger partial charge is 0.383 e. The van der Waals surface area contributed by atoms with Gasteiger partial charge in [0, 0.05) is 44.4 Å². The second-order valence-electron chi connectivity index (χ2n) is 8.55. The summed E-state index contributed by atoms with van der Waals surface area (Å²) < 4.78 is 7.09. The Morgan fingerprint density at radius 2 is 1.97 bits per heavy atom. The molecule has 0 radical (unpaired) electrons. The molecule has 1 atom stereocenters. The van der Waals surface area contributed by atoms with Gasteiger partial charge in [0.25, 0.3) is 5.56 Å². The number of carbonyl (C=O) groups excluding carboxylic acids is 1. The number of Topliss-reactive ketones (excluding diaryl/α,β-unsaturated/α-hetero) is 1.